The van der Waals surface area contributed by atoms with Gasteiger partial charge in [-0.2, -0.15) is 13.2 Å². The van der Waals surface area contributed by atoms with Gasteiger partial charge in [0.2, 0.25) is 5.91 Å². The number of amides is 2. The number of hydrogen-bond acceptors (Lipinski definition) is 4. The van der Waals surface area contributed by atoms with Crippen molar-refractivity contribution in [3.05, 3.63) is 35.4 Å². The van der Waals surface area contributed by atoms with Crippen LogP contribution in [-0.4, -0.2) is 60.1 Å². The molecule has 0 aliphatic carbocycles. The number of carboxylic acids is 1. The van der Waals surface area contributed by atoms with Crippen LogP contribution in [0.3, 0.4) is 0 Å². The van der Waals surface area contributed by atoms with Gasteiger partial charge in [-0.25, -0.2) is 4.79 Å². The second-order valence-corrected chi connectivity index (χ2v) is 5.75. The van der Waals surface area contributed by atoms with Gasteiger partial charge in [0.25, 0.3) is 5.91 Å². The van der Waals surface area contributed by atoms with E-state index in [1.807, 2.05) is 0 Å². The van der Waals surface area contributed by atoms with E-state index < -0.39 is 48.2 Å². The van der Waals surface area contributed by atoms with Gasteiger partial charge in [-0.1, -0.05) is 0 Å². The molecule has 2 amide bonds. The maximum absolute atomic E-state index is 12.5. The average Bonchev–Trinajstić information content (AvgIpc) is 3.03. The first kappa shape index (κ1) is 19.7. The predicted molar refractivity (Wildman–Crippen MR) is 82.3 cm³/mol. The van der Waals surface area contributed by atoms with Crippen LogP contribution in [0, 0.1) is 0 Å². The molecule has 1 aliphatic heterocycles. The van der Waals surface area contributed by atoms with Crippen LogP contribution in [0.1, 0.15) is 22.3 Å². The Balaban J connectivity index is 1.96. The fourth-order valence-electron chi connectivity index (χ4n) is 2.65. The fraction of sp³-hybridized carbons (Fsp3) is 0.438. The molecule has 2 N–H and O–H groups in total. The SMILES string of the molecule is COC1CC(C(=O)O)N(C(=O)CNC(=O)c2ccc(C(F)(F)F)cc2)C1. The summed E-state index contributed by atoms with van der Waals surface area (Å²) >= 11 is 0. The Kier molecular flexibility index (Phi) is 5.86. The maximum Gasteiger partial charge on any atom is 0.416 e. The van der Waals surface area contributed by atoms with Gasteiger partial charge < -0.3 is 20.1 Å². The number of rotatable bonds is 5. The van der Waals surface area contributed by atoms with Crippen LogP contribution >= 0.6 is 0 Å². The van der Waals surface area contributed by atoms with Gasteiger partial charge in [0, 0.05) is 25.6 Å². The van der Waals surface area contributed by atoms with Gasteiger partial charge in [0.1, 0.15) is 6.04 Å². The monoisotopic (exact) mass is 374 g/mol. The highest BCUT2D eigenvalue weighted by Gasteiger charge is 2.39. The first-order chi connectivity index (χ1) is 12.1. The number of nitrogens with zero attached hydrogens (tertiary/aromatic N) is 1. The highest BCUT2D eigenvalue weighted by Crippen LogP contribution is 2.29. The van der Waals surface area contributed by atoms with Crippen molar-refractivity contribution in [2.24, 2.45) is 0 Å². The number of ether oxygens (including phenoxy) is 1. The molecule has 142 valence electrons. The van der Waals surface area contributed by atoms with Crippen molar-refractivity contribution in [2.45, 2.75) is 24.7 Å². The van der Waals surface area contributed by atoms with E-state index in [9.17, 15) is 27.6 Å². The lowest BCUT2D eigenvalue weighted by Crippen LogP contribution is -2.45. The van der Waals surface area contributed by atoms with Crippen molar-refractivity contribution >= 4 is 17.8 Å². The molecule has 1 fully saturated rings. The second kappa shape index (κ2) is 7.73. The Hall–Kier alpha value is -2.62. The topological polar surface area (TPSA) is 95.9 Å². The number of aliphatic carboxylic acids is 1. The summed E-state index contributed by atoms with van der Waals surface area (Å²) in [5, 5.41) is 11.4. The molecule has 0 saturated carbocycles. The number of benzene rings is 1. The Morgan fingerprint density at radius 1 is 1.27 bits per heavy atom. The molecule has 10 heteroatoms. The molecule has 0 radical (unpaired) electrons. The minimum Gasteiger partial charge on any atom is -0.480 e. The minimum atomic E-state index is -4.51. The van der Waals surface area contributed by atoms with E-state index in [0.717, 1.165) is 29.2 Å². The summed E-state index contributed by atoms with van der Waals surface area (Å²) in [6.45, 7) is -0.386. The van der Waals surface area contributed by atoms with Crippen LogP contribution in [-0.2, 0) is 20.5 Å². The lowest BCUT2D eigenvalue weighted by molar-refractivity contribution is -0.147. The fourth-order valence-corrected chi connectivity index (χ4v) is 2.65. The molecule has 2 atom stereocenters. The highest BCUT2D eigenvalue weighted by atomic mass is 19.4. The van der Waals surface area contributed by atoms with Gasteiger partial charge in [0.05, 0.1) is 18.2 Å². The first-order valence-electron chi connectivity index (χ1n) is 7.64. The largest absolute Gasteiger partial charge is 0.480 e. The van der Waals surface area contributed by atoms with E-state index in [1.165, 1.54) is 7.11 Å². The van der Waals surface area contributed by atoms with Crippen molar-refractivity contribution in [2.75, 3.05) is 20.2 Å². The molecule has 1 aliphatic rings. The van der Waals surface area contributed by atoms with E-state index in [4.69, 9.17) is 9.84 Å². The normalized spacial score (nSPS) is 20.1. The number of carbonyl (C=O) groups excluding carboxylic acids is 2. The van der Waals surface area contributed by atoms with Crippen LogP contribution < -0.4 is 5.32 Å². The summed E-state index contributed by atoms with van der Waals surface area (Å²) in [7, 11) is 1.41. The summed E-state index contributed by atoms with van der Waals surface area (Å²) in [5.41, 5.74) is -0.936. The van der Waals surface area contributed by atoms with Crippen LogP contribution in [0.2, 0.25) is 0 Å². The number of likely N-dealkylation sites (tertiary alicyclic amines) is 1. The van der Waals surface area contributed by atoms with Gasteiger partial charge in [-0.3, -0.25) is 9.59 Å². The van der Waals surface area contributed by atoms with E-state index >= 15 is 0 Å². The highest BCUT2D eigenvalue weighted by molar-refractivity contribution is 5.97. The first-order valence-corrected chi connectivity index (χ1v) is 7.64. The van der Waals surface area contributed by atoms with E-state index in [0.29, 0.717) is 0 Å². The van der Waals surface area contributed by atoms with Crippen molar-refractivity contribution in [3.63, 3.8) is 0 Å². The van der Waals surface area contributed by atoms with E-state index in [1.54, 1.807) is 0 Å². The van der Waals surface area contributed by atoms with Crippen LogP contribution in [0.5, 0.6) is 0 Å². The molecule has 1 aromatic rings. The summed E-state index contributed by atoms with van der Waals surface area (Å²) in [5.74, 6) is -2.52. The zero-order chi connectivity index (χ0) is 19.5. The lowest BCUT2D eigenvalue weighted by Gasteiger charge is -2.21. The van der Waals surface area contributed by atoms with Crippen molar-refractivity contribution < 1.29 is 37.4 Å². The summed E-state index contributed by atoms with van der Waals surface area (Å²) in [6.07, 6.45) is -4.78. The Labute approximate surface area is 146 Å². The van der Waals surface area contributed by atoms with Crippen molar-refractivity contribution in [1.29, 1.82) is 0 Å². The second-order valence-electron chi connectivity index (χ2n) is 5.75. The standard InChI is InChI=1S/C16H17F3N2O5/c1-26-11-6-12(15(24)25)21(8-11)13(22)7-20-14(23)9-2-4-10(5-3-9)16(17,18)19/h2-5,11-12H,6-8H2,1H3,(H,20,23)(H,24,25). The third kappa shape index (κ3) is 4.51. The number of alkyl halides is 3. The molecule has 2 rings (SSSR count). The predicted octanol–water partition coefficient (Wildman–Crippen LogP) is 1.14. The number of carboxylic acid groups (broad SMARTS) is 1. The third-order valence-corrected chi connectivity index (χ3v) is 4.08. The van der Waals surface area contributed by atoms with Crippen molar-refractivity contribution in [1.82, 2.24) is 10.2 Å². The van der Waals surface area contributed by atoms with Gasteiger partial charge in [-0.15, -0.1) is 0 Å². The van der Waals surface area contributed by atoms with E-state index in [-0.39, 0.29) is 18.5 Å². The van der Waals surface area contributed by atoms with Crippen LogP contribution in [0.15, 0.2) is 24.3 Å². The van der Waals surface area contributed by atoms with Gasteiger partial charge in [-0.05, 0) is 24.3 Å². The molecule has 2 unspecified atom stereocenters. The molecular weight excluding hydrogens is 357 g/mol. The molecule has 26 heavy (non-hydrogen) atoms. The molecule has 1 saturated heterocycles. The Bertz CT molecular complexity index is 690. The molecule has 0 bridgehead atoms. The third-order valence-electron chi connectivity index (χ3n) is 4.08. The number of nitrogens with one attached hydrogen (secondary N) is 1. The smallest absolute Gasteiger partial charge is 0.416 e. The molecule has 1 aromatic carbocycles. The molecule has 1 heterocycles. The number of methoxy groups -OCH3 is 1. The zero-order valence-corrected chi connectivity index (χ0v) is 13.7. The van der Waals surface area contributed by atoms with Gasteiger partial charge >= 0.3 is 12.1 Å². The summed E-state index contributed by atoms with van der Waals surface area (Å²) in [6, 6.07) is 2.48. The molecule has 7 nitrogen and oxygen atoms in total. The molecule has 0 aromatic heterocycles. The maximum atomic E-state index is 12.5. The quantitative estimate of drug-likeness (QED) is 0.806. The number of hydrogen-bond donors (Lipinski definition) is 2. The summed E-state index contributed by atoms with van der Waals surface area (Å²) in [4.78, 5) is 36.5. The minimum absolute atomic E-state index is 0.0447. The van der Waals surface area contributed by atoms with Crippen molar-refractivity contribution in [3.8, 4) is 0 Å². The summed E-state index contributed by atoms with van der Waals surface area (Å²) < 4.78 is 42.6. The van der Waals surface area contributed by atoms with Crippen LogP contribution in [0.25, 0.3) is 0 Å². The number of carbonyl (C=O) groups is 3. The molecule has 0 spiro atoms. The Morgan fingerprint density at radius 2 is 1.88 bits per heavy atom. The average molecular weight is 374 g/mol. The van der Waals surface area contributed by atoms with E-state index in [2.05, 4.69) is 5.32 Å². The molecular formula is C16H17F3N2O5. The van der Waals surface area contributed by atoms with Crippen LogP contribution in [0.4, 0.5) is 13.2 Å². The van der Waals surface area contributed by atoms with Gasteiger partial charge in [0.15, 0.2) is 0 Å². The Morgan fingerprint density at radius 3 is 2.38 bits per heavy atom. The lowest BCUT2D eigenvalue weighted by atomic mass is 10.1. The zero-order valence-electron chi connectivity index (χ0n) is 13.7. The number of halogens is 3.